The number of carbonyl (C=O) groups is 1. The lowest BCUT2D eigenvalue weighted by atomic mass is 10.2. The van der Waals surface area contributed by atoms with Gasteiger partial charge in [0.25, 0.3) is 11.2 Å². The highest BCUT2D eigenvalue weighted by atomic mass is 19.1. The average Bonchev–Trinajstić information content (AvgIpc) is 2.68. The minimum atomic E-state index is -0.560. The van der Waals surface area contributed by atoms with Crippen molar-refractivity contribution in [1.82, 2.24) is 14.9 Å². The molecule has 2 aromatic carbocycles. The van der Waals surface area contributed by atoms with E-state index in [1.807, 2.05) is 0 Å². The molecule has 0 unspecified atom stereocenters. The van der Waals surface area contributed by atoms with Crippen molar-refractivity contribution in [3.05, 3.63) is 75.1 Å². The van der Waals surface area contributed by atoms with Gasteiger partial charge < -0.3 is 10.6 Å². The molecule has 3 rings (SSSR count). The second-order valence-corrected chi connectivity index (χ2v) is 5.89. The predicted molar refractivity (Wildman–Crippen MR) is 101 cm³/mol. The smallest absolute Gasteiger partial charge is 0.292 e. The summed E-state index contributed by atoms with van der Waals surface area (Å²) in [4.78, 5) is 38.9. The number of nitro groups is 1. The molecule has 0 atom stereocenters. The van der Waals surface area contributed by atoms with E-state index in [9.17, 15) is 24.1 Å². The Morgan fingerprint density at radius 3 is 2.79 bits per heavy atom. The molecule has 2 N–H and O–H groups in total. The molecule has 1 aromatic heterocycles. The Hall–Kier alpha value is -3.82. The summed E-state index contributed by atoms with van der Waals surface area (Å²) in [6, 6.07) is 9.85. The van der Waals surface area contributed by atoms with Crippen LogP contribution in [0.4, 0.5) is 15.8 Å². The van der Waals surface area contributed by atoms with Crippen LogP contribution in [0.15, 0.2) is 53.6 Å². The average molecular weight is 385 g/mol. The SMILES string of the molecule is O=C(Cn1cnc2ccc(F)cc2c1=O)NCCNc1ccccc1[N+](=O)[O-]. The number of halogens is 1. The third-order valence-corrected chi connectivity index (χ3v) is 3.96. The van der Waals surface area contributed by atoms with E-state index in [1.54, 1.807) is 18.2 Å². The van der Waals surface area contributed by atoms with Gasteiger partial charge in [-0.2, -0.15) is 0 Å². The summed E-state index contributed by atoms with van der Waals surface area (Å²) in [5.41, 5.74) is 0.114. The maximum atomic E-state index is 13.3. The lowest BCUT2D eigenvalue weighted by molar-refractivity contribution is -0.384. The first-order valence-corrected chi connectivity index (χ1v) is 8.34. The highest BCUT2D eigenvalue weighted by Crippen LogP contribution is 2.22. The Bertz CT molecular complexity index is 1100. The molecule has 3 aromatic rings. The van der Waals surface area contributed by atoms with Gasteiger partial charge in [-0.25, -0.2) is 9.37 Å². The third kappa shape index (κ3) is 4.29. The number of hydrogen-bond donors (Lipinski definition) is 2. The molecule has 0 aliphatic heterocycles. The molecule has 144 valence electrons. The second-order valence-electron chi connectivity index (χ2n) is 5.89. The van der Waals surface area contributed by atoms with Crippen molar-refractivity contribution in [3.8, 4) is 0 Å². The number of para-hydroxylation sites is 2. The molecule has 1 amide bonds. The number of nitro benzene ring substituents is 1. The Labute approximate surface area is 158 Å². The maximum Gasteiger partial charge on any atom is 0.292 e. The fourth-order valence-corrected chi connectivity index (χ4v) is 2.64. The van der Waals surface area contributed by atoms with Gasteiger partial charge in [0, 0.05) is 19.2 Å². The van der Waals surface area contributed by atoms with Crippen LogP contribution in [0.25, 0.3) is 10.9 Å². The van der Waals surface area contributed by atoms with Crippen molar-refractivity contribution in [1.29, 1.82) is 0 Å². The number of hydrogen-bond acceptors (Lipinski definition) is 6. The summed E-state index contributed by atoms with van der Waals surface area (Å²) >= 11 is 0. The van der Waals surface area contributed by atoms with Crippen LogP contribution in [0.1, 0.15) is 0 Å². The number of benzene rings is 2. The predicted octanol–water partition coefficient (Wildman–Crippen LogP) is 1.67. The Balaban J connectivity index is 1.57. The molecule has 0 fully saturated rings. The van der Waals surface area contributed by atoms with Crippen molar-refractivity contribution in [2.45, 2.75) is 6.54 Å². The fraction of sp³-hybridized carbons (Fsp3) is 0.167. The highest BCUT2D eigenvalue weighted by Gasteiger charge is 2.12. The summed E-state index contributed by atoms with van der Waals surface area (Å²) in [6.07, 6.45) is 1.23. The van der Waals surface area contributed by atoms with Gasteiger partial charge in [0.15, 0.2) is 0 Å². The molecule has 1 heterocycles. The number of fused-ring (bicyclic) bond motifs is 1. The minimum absolute atomic E-state index is 0.0603. The number of rotatable bonds is 7. The lowest BCUT2D eigenvalue weighted by Gasteiger charge is -2.09. The number of carbonyl (C=O) groups excluding carboxylic acids is 1. The summed E-state index contributed by atoms with van der Waals surface area (Å²) < 4.78 is 14.4. The highest BCUT2D eigenvalue weighted by molar-refractivity contribution is 5.79. The zero-order valence-corrected chi connectivity index (χ0v) is 14.6. The van der Waals surface area contributed by atoms with Gasteiger partial charge in [-0.05, 0) is 24.3 Å². The van der Waals surface area contributed by atoms with Crippen LogP contribution >= 0.6 is 0 Å². The largest absolute Gasteiger partial charge is 0.378 e. The maximum absolute atomic E-state index is 13.3. The number of nitrogens with one attached hydrogen (secondary N) is 2. The van der Waals surface area contributed by atoms with Crippen molar-refractivity contribution in [2.24, 2.45) is 0 Å². The number of aromatic nitrogens is 2. The van der Waals surface area contributed by atoms with Crippen molar-refractivity contribution in [3.63, 3.8) is 0 Å². The van der Waals surface area contributed by atoms with Crippen LogP contribution < -0.4 is 16.2 Å². The van der Waals surface area contributed by atoms with Gasteiger partial charge in [-0.15, -0.1) is 0 Å². The molecule has 0 spiro atoms. The molecule has 28 heavy (non-hydrogen) atoms. The first-order valence-electron chi connectivity index (χ1n) is 8.34. The van der Waals surface area contributed by atoms with Crippen molar-refractivity contribution >= 4 is 28.2 Å². The Morgan fingerprint density at radius 1 is 1.21 bits per heavy atom. The van der Waals surface area contributed by atoms with E-state index in [2.05, 4.69) is 15.6 Å². The number of anilines is 1. The standard InChI is InChI=1S/C18H16FN5O4/c19-12-5-6-14-13(9-12)18(26)23(11-22-14)10-17(25)21-8-7-20-15-3-1-2-4-16(15)24(27)28/h1-6,9,11,20H,7-8,10H2,(H,21,25). The molecule has 0 aliphatic carbocycles. The second kappa shape index (κ2) is 8.25. The van der Waals surface area contributed by atoms with Crippen LogP contribution in [0.3, 0.4) is 0 Å². The third-order valence-electron chi connectivity index (χ3n) is 3.96. The monoisotopic (exact) mass is 385 g/mol. The molecule has 0 saturated heterocycles. The molecule has 0 aliphatic rings. The van der Waals surface area contributed by atoms with Crippen LogP contribution in [0, 0.1) is 15.9 Å². The van der Waals surface area contributed by atoms with Crippen LogP contribution in [-0.2, 0) is 11.3 Å². The molecule has 0 radical (unpaired) electrons. The van der Waals surface area contributed by atoms with Crippen LogP contribution in [0.5, 0.6) is 0 Å². The number of amides is 1. The van der Waals surface area contributed by atoms with Gasteiger partial charge in [-0.1, -0.05) is 12.1 Å². The first-order chi connectivity index (χ1) is 13.5. The van der Waals surface area contributed by atoms with Gasteiger partial charge in [0.05, 0.1) is 22.2 Å². The van der Waals surface area contributed by atoms with Gasteiger partial charge in [0.1, 0.15) is 18.0 Å². The zero-order valence-electron chi connectivity index (χ0n) is 14.6. The Kier molecular flexibility index (Phi) is 5.58. The van der Waals surface area contributed by atoms with E-state index in [0.717, 1.165) is 10.6 Å². The summed E-state index contributed by atoms with van der Waals surface area (Å²) in [5.74, 6) is -1.00. The normalized spacial score (nSPS) is 10.6. The number of nitrogens with zero attached hydrogens (tertiary/aromatic N) is 3. The van der Waals surface area contributed by atoms with E-state index in [-0.39, 0.29) is 30.7 Å². The van der Waals surface area contributed by atoms with Gasteiger partial charge >= 0.3 is 0 Å². The van der Waals surface area contributed by atoms with E-state index in [1.165, 1.54) is 24.5 Å². The van der Waals surface area contributed by atoms with Gasteiger partial charge in [0.2, 0.25) is 5.91 Å². The molecule has 0 saturated carbocycles. The summed E-state index contributed by atoms with van der Waals surface area (Å²) in [6.45, 7) is 0.172. The minimum Gasteiger partial charge on any atom is -0.378 e. The molecule has 10 heteroatoms. The topological polar surface area (TPSA) is 119 Å². The van der Waals surface area contributed by atoms with Crippen LogP contribution in [-0.4, -0.2) is 33.5 Å². The molecular formula is C18H16FN5O4. The molecule has 0 bridgehead atoms. The zero-order chi connectivity index (χ0) is 20.1. The van der Waals surface area contributed by atoms with Crippen molar-refractivity contribution < 1.29 is 14.1 Å². The van der Waals surface area contributed by atoms with E-state index >= 15 is 0 Å². The lowest BCUT2D eigenvalue weighted by Crippen LogP contribution is -2.35. The van der Waals surface area contributed by atoms with E-state index < -0.39 is 22.2 Å². The van der Waals surface area contributed by atoms with E-state index in [0.29, 0.717) is 11.2 Å². The van der Waals surface area contributed by atoms with Gasteiger partial charge in [-0.3, -0.25) is 24.3 Å². The quantitative estimate of drug-likeness (QED) is 0.363. The fourth-order valence-electron chi connectivity index (χ4n) is 2.64. The molecular weight excluding hydrogens is 369 g/mol. The Morgan fingerprint density at radius 2 is 2.00 bits per heavy atom. The van der Waals surface area contributed by atoms with Crippen LogP contribution in [0.2, 0.25) is 0 Å². The summed E-state index contributed by atoms with van der Waals surface area (Å²) in [5, 5.41) is 16.5. The molecule has 9 nitrogen and oxygen atoms in total. The van der Waals surface area contributed by atoms with Crippen molar-refractivity contribution in [2.75, 3.05) is 18.4 Å². The van der Waals surface area contributed by atoms with E-state index in [4.69, 9.17) is 0 Å². The first kappa shape index (κ1) is 19.0. The summed E-state index contributed by atoms with van der Waals surface area (Å²) in [7, 11) is 0.